The van der Waals surface area contributed by atoms with Crippen molar-refractivity contribution >= 4 is 5.82 Å². The van der Waals surface area contributed by atoms with Crippen LogP contribution in [0.25, 0.3) is 0 Å². The third-order valence-electron chi connectivity index (χ3n) is 4.95. The molecule has 6 nitrogen and oxygen atoms in total. The fourth-order valence-electron chi connectivity index (χ4n) is 3.82. The molecule has 2 fully saturated rings. The Morgan fingerprint density at radius 3 is 3.16 bits per heavy atom. The molecule has 0 aromatic carbocycles. The number of anilines is 1. The third-order valence-corrected chi connectivity index (χ3v) is 4.95. The second kappa shape index (κ2) is 6.79. The molecule has 4 heterocycles. The zero-order valence-electron chi connectivity index (χ0n) is 14.1. The predicted octanol–water partition coefficient (Wildman–Crippen LogP) is 2.19. The Kier molecular flexibility index (Phi) is 4.35. The lowest BCUT2D eigenvalue weighted by Crippen LogP contribution is -2.33. The summed E-state index contributed by atoms with van der Waals surface area (Å²) in [7, 11) is 0. The van der Waals surface area contributed by atoms with Crippen molar-refractivity contribution in [2.24, 2.45) is 0 Å². The van der Waals surface area contributed by atoms with Crippen molar-refractivity contribution in [3.8, 4) is 6.07 Å². The summed E-state index contributed by atoms with van der Waals surface area (Å²) in [4.78, 5) is 10.9. The van der Waals surface area contributed by atoms with Crippen LogP contribution in [0.3, 0.4) is 0 Å². The topological polar surface area (TPSA) is 74.1 Å². The summed E-state index contributed by atoms with van der Waals surface area (Å²) in [5, 5.41) is 12.4. The Morgan fingerprint density at radius 2 is 2.32 bits per heavy atom. The maximum Gasteiger partial charge on any atom is 0.142 e. The minimum atomic E-state index is -0.0628. The summed E-state index contributed by atoms with van der Waals surface area (Å²) < 4.78 is 6.20. The number of hydrogen-bond donors (Lipinski definition) is 1. The Morgan fingerprint density at radius 1 is 1.36 bits per heavy atom. The highest BCUT2D eigenvalue weighted by molar-refractivity contribution is 5.39. The number of nitrogens with one attached hydrogen (secondary N) is 1. The van der Waals surface area contributed by atoms with Crippen molar-refractivity contribution in [2.75, 3.05) is 25.0 Å². The van der Waals surface area contributed by atoms with Gasteiger partial charge in [0.25, 0.3) is 0 Å². The number of ether oxygens (including phenoxy) is 1. The average Bonchev–Trinajstić information content (AvgIpc) is 3.22. The lowest BCUT2D eigenvalue weighted by atomic mass is 9.97. The number of nitriles is 1. The van der Waals surface area contributed by atoms with Gasteiger partial charge in [-0.2, -0.15) is 5.26 Å². The van der Waals surface area contributed by atoms with E-state index < -0.39 is 0 Å². The van der Waals surface area contributed by atoms with Crippen LogP contribution in [0, 0.1) is 11.3 Å². The van der Waals surface area contributed by atoms with Gasteiger partial charge in [0.15, 0.2) is 0 Å². The molecule has 0 radical (unpaired) electrons. The van der Waals surface area contributed by atoms with E-state index in [-0.39, 0.29) is 11.6 Å². The van der Waals surface area contributed by atoms with Gasteiger partial charge in [-0.25, -0.2) is 4.98 Å². The van der Waals surface area contributed by atoms with Crippen LogP contribution in [0.15, 0.2) is 42.7 Å². The second-order valence-corrected chi connectivity index (χ2v) is 6.88. The summed E-state index contributed by atoms with van der Waals surface area (Å²) >= 11 is 0. The molecule has 1 spiro atoms. The van der Waals surface area contributed by atoms with Gasteiger partial charge in [-0.15, -0.1) is 0 Å². The van der Waals surface area contributed by atoms with Crippen molar-refractivity contribution in [3.63, 3.8) is 0 Å². The van der Waals surface area contributed by atoms with E-state index in [2.05, 4.69) is 32.3 Å². The fraction of sp³-hybridized carbons (Fsp3) is 0.421. The lowest BCUT2D eigenvalue weighted by Gasteiger charge is -2.23. The highest BCUT2D eigenvalue weighted by atomic mass is 16.5. The van der Waals surface area contributed by atoms with Gasteiger partial charge in [0.2, 0.25) is 0 Å². The van der Waals surface area contributed by atoms with E-state index in [4.69, 9.17) is 10.00 Å². The molecule has 0 aliphatic carbocycles. The van der Waals surface area contributed by atoms with Crippen molar-refractivity contribution in [3.05, 3.63) is 54.0 Å². The Hall–Kier alpha value is -2.49. The molecule has 2 aromatic heterocycles. The van der Waals surface area contributed by atoms with Crippen LogP contribution in [0.5, 0.6) is 0 Å². The van der Waals surface area contributed by atoms with Crippen LogP contribution >= 0.6 is 0 Å². The quantitative estimate of drug-likeness (QED) is 0.923. The summed E-state index contributed by atoms with van der Waals surface area (Å²) in [5.74, 6) is 0.745. The van der Waals surface area contributed by atoms with Crippen molar-refractivity contribution in [2.45, 2.75) is 31.0 Å². The van der Waals surface area contributed by atoms with Crippen LogP contribution in [0.2, 0.25) is 0 Å². The molecule has 2 saturated heterocycles. The van der Waals surface area contributed by atoms with Crippen molar-refractivity contribution in [1.82, 2.24) is 14.9 Å². The Bertz CT molecular complexity index is 775. The Labute approximate surface area is 147 Å². The maximum atomic E-state index is 8.97. The largest absolute Gasteiger partial charge is 0.371 e. The van der Waals surface area contributed by atoms with E-state index in [1.165, 1.54) is 5.56 Å². The van der Waals surface area contributed by atoms with Gasteiger partial charge in [-0.05, 0) is 30.2 Å². The maximum absolute atomic E-state index is 8.97. The Balaban J connectivity index is 1.35. The molecule has 2 atom stereocenters. The fourth-order valence-corrected chi connectivity index (χ4v) is 3.82. The first-order valence-corrected chi connectivity index (χ1v) is 8.64. The van der Waals surface area contributed by atoms with Gasteiger partial charge < -0.3 is 10.1 Å². The van der Waals surface area contributed by atoms with Crippen LogP contribution in [-0.2, 0) is 11.3 Å². The van der Waals surface area contributed by atoms with Crippen LogP contribution < -0.4 is 5.32 Å². The highest BCUT2D eigenvalue weighted by Crippen LogP contribution is 2.36. The van der Waals surface area contributed by atoms with Crippen LogP contribution in [0.1, 0.15) is 24.1 Å². The number of nitrogens with zero attached hydrogens (tertiary/aromatic N) is 4. The first-order chi connectivity index (χ1) is 12.2. The van der Waals surface area contributed by atoms with E-state index in [0.717, 1.165) is 38.3 Å². The van der Waals surface area contributed by atoms with Gasteiger partial charge in [-0.3, -0.25) is 9.88 Å². The van der Waals surface area contributed by atoms with Gasteiger partial charge in [0.1, 0.15) is 17.6 Å². The number of aromatic nitrogens is 2. The molecule has 0 amide bonds. The second-order valence-electron chi connectivity index (χ2n) is 6.88. The number of hydrogen-bond acceptors (Lipinski definition) is 6. The number of rotatable bonds is 4. The standard InChI is InChI=1S/C19H21N5O/c20-10-16-4-1-5-18(22-16)23-17-9-19(25-13-17)6-8-24(14-19)12-15-3-2-7-21-11-15/h1-5,7,11,17H,6,8-9,12-14H2,(H,22,23)/t17-,19+/m1/s1. The minimum absolute atomic E-state index is 0.0628. The van der Waals surface area contributed by atoms with Crippen LogP contribution in [0.4, 0.5) is 5.82 Å². The number of likely N-dealkylation sites (tertiary alicyclic amines) is 1. The zero-order valence-corrected chi connectivity index (χ0v) is 14.1. The molecular weight excluding hydrogens is 314 g/mol. The molecule has 4 rings (SSSR count). The molecule has 128 valence electrons. The SMILES string of the molecule is N#Cc1cccc(N[C@H]2CO[C@@]3(CCN(Cc4cccnc4)C3)C2)n1. The number of pyridine rings is 2. The molecule has 2 aliphatic rings. The normalized spacial score (nSPS) is 26.0. The molecule has 25 heavy (non-hydrogen) atoms. The summed E-state index contributed by atoms with van der Waals surface area (Å²) in [6, 6.07) is 11.9. The molecule has 1 N–H and O–H groups in total. The first kappa shape index (κ1) is 16.0. The van der Waals surface area contributed by atoms with Crippen LogP contribution in [-0.4, -0.2) is 46.2 Å². The van der Waals surface area contributed by atoms with E-state index in [1.54, 1.807) is 12.3 Å². The lowest BCUT2D eigenvalue weighted by molar-refractivity contribution is 0.0120. The van der Waals surface area contributed by atoms with E-state index in [9.17, 15) is 0 Å². The smallest absolute Gasteiger partial charge is 0.142 e. The average molecular weight is 335 g/mol. The van der Waals surface area contributed by atoms with Gasteiger partial charge >= 0.3 is 0 Å². The molecule has 6 heteroatoms. The van der Waals surface area contributed by atoms with E-state index in [0.29, 0.717) is 12.3 Å². The molecule has 0 bridgehead atoms. The zero-order chi connectivity index (χ0) is 17.1. The van der Waals surface area contributed by atoms with E-state index in [1.807, 2.05) is 24.4 Å². The van der Waals surface area contributed by atoms with E-state index >= 15 is 0 Å². The highest BCUT2D eigenvalue weighted by Gasteiger charge is 2.45. The molecule has 2 aromatic rings. The van der Waals surface area contributed by atoms with Gasteiger partial charge in [-0.1, -0.05) is 12.1 Å². The summed E-state index contributed by atoms with van der Waals surface area (Å²) in [6.45, 7) is 3.59. The summed E-state index contributed by atoms with van der Waals surface area (Å²) in [6.07, 6.45) is 5.76. The molecular formula is C19H21N5O. The summed E-state index contributed by atoms with van der Waals surface area (Å²) in [5.41, 5.74) is 1.61. The third kappa shape index (κ3) is 3.63. The van der Waals surface area contributed by atoms with Gasteiger partial charge in [0.05, 0.1) is 18.2 Å². The molecule has 0 saturated carbocycles. The minimum Gasteiger partial charge on any atom is -0.371 e. The van der Waals surface area contributed by atoms with Crippen molar-refractivity contribution < 1.29 is 4.74 Å². The molecule has 2 aliphatic heterocycles. The first-order valence-electron chi connectivity index (χ1n) is 8.64. The monoisotopic (exact) mass is 335 g/mol. The predicted molar refractivity (Wildman–Crippen MR) is 93.8 cm³/mol. The van der Waals surface area contributed by atoms with Gasteiger partial charge in [0, 0.05) is 38.4 Å². The van der Waals surface area contributed by atoms with Crippen molar-refractivity contribution in [1.29, 1.82) is 5.26 Å². The molecule has 0 unspecified atom stereocenters.